The molecule has 0 aliphatic carbocycles. The summed E-state index contributed by atoms with van der Waals surface area (Å²) < 4.78 is 0. The third-order valence-corrected chi connectivity index (χ3v) is 5.77. The number of likely N-dealkylation sites (N-methyl/N-ethyl adjacent to an activating group) is 1. The molecule has 2 aliphatic rings. The molecule has 1 N–H and O–H groups in total. The van der Waals surface area contributed by atoms with Crippen LogP contribution in [0.3, 0.4) is 0 Å². The average Bonchev–Trinajstić information content (AvgIpc) is 3.06. The van der Waals surface area contributed by atoms with Gasteiger partial charge in [-0.2, -0.15) is 11.3 Å². The fraction of sp³-hybridized carbons (Fsp3) is 0.647. The summed E-state index contributed by atoms with van der Waals surface area (Å²) in [6.45, 7) is 3.18. The predicted octanol–water partition coefficient (Wildman–Crippen LogP) is 1.77. The first-order chi connectivity index (χ1) is 11.2. The standard InChI is InChI=1S/C17H25N3O2S.ClH/c1-18-6-8-20-15-4-7-19(11-14(15)2-3-16(20)21)17(22)10-13-5-9-23-12-13;/h5,9,12,14-15,18H,2-4,6-8,10-11H2,1H3;1H/t14-,15+;/m0./s1. The molecule has 0 spiro atoms. The van der Waals surface area contributed by atoms with Crippen LogP contribution in [0.2, 0.25) is 0 Å². The maximum absolute atomic E-state index is 12.5. The molecular weight excluding hydrogens is 346 g/mol. The van der Waals surface area contributed by atoms with Crippen molar-refractivity contribution < 1.29 is 9.59 Å². The third kappa shape index (κ3) is 4.29. The Bertz CT molecular complexity index is 552. The van der Waals surface area contributed by atoms with Gasteiger partial charge in [0.15, 0.2) is 0 Å². The van der Waals surface area contributed by atoms with E-state index in [0.717, 1.165) is 44.6 Å². The summed E-state index contributed by atoms with van der Waals surface area (Å²) in [5, 5.41) is 7.19. The van der Waals surface area contributed by atoms with E-state index in [9.17, 15) is 9.59 Å². The molecule has 2 fully saturated rings. The van der Waals surface area contributed by atoms with E-state index >= 15 is 0 Å². The maximum atomic E-state index is 12.5. The zero-order valence-electron chi connectivity index (χ0n) is 14.1. The monoisotopic (exact) mass is 371 g/mol. The third-order valence-electron chi connectivity index (χ3n) is 5.03. The van der Waals surface area contributed by atoms with Gasteiger partial charge < -0.3 is 15.1 Å². The molecule has 5 nitrogen and oxygen atoms in total. The lowest BCUT2D eigenvalue weighted by molar-refractivity contribution is -0.143. The smallest absolute Gasteiger partial charge is 0.227 e. The van der Waals surface area contributed by atoms with E-state index in [-0.39, 0.29) is 24.2 Å². The van der Waals surface area contributed by atoms with Gasteiger partial charge in [-0.3, -0.25) is 9.59 Å². The Morgan fingerprint density at radius 1 is 1.42 bits per heavy atom. The quantitative estimate of drug-likeness (QED) is 0.858. The van der Waals surface area contributed by atoms with Crippen molar-refractivity contribution in [2.45, 2.75) is 31.7 Å². The molecule has 2 saturated heterocycles. The van der Waals surface area contributed by atoms with E-state index < -0.39 is 0 Å². The normalized spacial score (nSPS) is 23.6. The van der Waals surface area contributed by atoms with Gasteiger partial charge in [0.05, 0.1) is 6.42 Å². The Labute approximate surface area is 153 Å². The number of fused-ring (bicyclic) bond motifs is 1. The number of nitrogens with one attached hydrogen (secondary N) is 1. The van der Waals surface area contributed by atoms with E-state index in [2.05, 4.69) is 5.32 Å². The van der Waals surface area contributed by atoms with Gasteiger partial charge in [0.1, 0.15) is 0 Å². The van der Waals surface area contributed by atoms with Crippen LogP contribution >= 0.6 is 23.7 Å². The summed E-state index contributed by atoms with van der Waals surface area (Å²) in [5.74, 6) is 0.935. The molecule has 1 aromatic heterocycles. The molecule has 3 heterocycles. The largest absolute Gasteiger partial charge is 0.342 e. The Balaban J connectivity index is 0.00000208. The van der Waals surface area contributed by atoms with Crippen LogP contribution in [0, 0.1) is 5.92 Å². The molecule has 0 aromatic carbocycles. The molecule has 0 unspecified atom stereocenters. The molecule has 2 atom stereocenters. The van der Waals surface area contributed by atoms with E-state index in [1.165, 1.54) is 0 Å². The van der Waals surface area contributed by atoms with Gasteiger partial charge in [-0.05, 0) is 48.2 Å². The van der Waals surface area contributed by atoms with E-state index in [0.29, 0.717) is 24.8 Å². The molecule has 2 aliphatic heterocycles. The van der Waals surface area contributed by atoms with Crippen molar-refractivity contribution in [2.75, 3.05) is 33.2 Å². The number of hydrogen-bond donors (Lipinski definition) is 1. The number of carbonyl (C=O) groups excluding carboxylic acids is 2. The minimum absolute atomic E-state index is 0. The first-order valence-corrected chi connectivity index (χ1v) is 9.36. The number of hydrogen-bond acceptors (Lipinski definition) is 4. The van der Waals surface area contributed by atoms with Crippen LogP contribution in [0.25, 0.3) is 0 Å². The summed E-state index contributed by atoms with van der Waals surface area (Å²) in [5.41, 5.74) is 1.11. The van der Waals surface area contributed by atoms with Gasteiger partial charge >= 0.3 is 0 Å². The van der Waals surface area contributed by atoms with Crippen LogP contribution < -0.4 is 5.32 Å². The molecule has 3 rings (SSSR count). The number of piperidine rings is 2. The Morgan fingerprint density at radius 3 is 2.96 bits per heavy atom. The lowest BCUT2D eigenvalue weighted by Crippen LogP contribution is -2.57. The van der Waals surface area contributed by atoms with Crippen LogP contribution in [-0.2, 0) is 16.0 Å². The maximum Gasteiger partial charge on any atom is 0.227 e. The van der Waals surface area contributed by atoms with Gasteiger partial charge in [-0.1, -0.05) is 0 Å². The zero-order valence-corrected chi connectivity index (χ0v) is 15.7. The van der Waals surface area contributed by atoms with Crippen LogP contribution in [0.4, 0.5) is 0 Å². The van der Waals surface area contributed by atoms with Gasteiger partial charge in [-0.25, -0.2) is 0 Å². The summed E-state index contributed by atoms with van der Waals surface area (Å²) in [7, 11) is 1.91. The number of rotatable bonds is 5. The molecule has 24 heavy (non-hydrogen) atoms. The lowest BCUT2D eigenvalue weighted by atomic mass is 9.83. The van der Waals surface area contributed by atoms with Crippen molar-refractivity contribution in [2.24, 2.45) is 5.92 Å². The number of likely N-dealkylation sites (tertiary alicyclic amines) is 2. The highest BCUT2D eigenvalue weighted by atomic mass is 35.5. The second-order valence-electron chi connectivity index (χ2n) is 6.49. The van der Waals surface area contributed by atoms with Crippen LogP contribution in [-0.4, -0.2) is 60.9 Å². The Kier molecular flexibility index (Phi) is 7.07. The highest BCUT2D eigenvalue weighted by Crippen LogP contribution is 2.31. The van der Waals surface area contributed by atoms with Crippen molar-refractivity contribution in [1.29, 1.82) is 0 Å². The van der Waals surface area contributed by atoms with Crippen molar-refractivity contribution in [3.05, 3.63) is 22.4 Å². The van der Waals surface area contributed by atoms with Gasteiger partial charge in [0.25, 0.3) is 0 Å². The molecular formula is C17H26ClN3O2S. The number of thiophene rings is 1. The van der Waals surface area contributed by atoms with Gasteiger partial charge in [-0.15, -0.1) is 12.4 Å². The van der Waals surface area contributed by atoms with Gasteiger partial charge in [0.2, 0.25) is 11.8 Å². The number of nitrogens with zero attached hydrogens (tertiary/aromatic N) is 2. The fourth-order valence-corrected chi connectivity index (χ4v) is 4.45. The van der Waals surface area contributed by atoms with E-state index in [1.54, 1.807) is 11.3 Å². The zero-order chi connectivity index (χ0) is 16.2. The summed E-state index contributed by atoms with van der Waals surface area (Å²) in [6, 6.07) is 2.34. The molecule has 0 saturated carbocycles. The molecule has 0 radical (unpaired) electrons. The summed E-state index contributed by atoms with van der Waals surface area (Å²) in [6.07, 6.45) is 2.96. The first-order valence-electron chi connectivity index (χ1n) is 8.42. The van der Waals surface area contributed by atoms with Gasteiger partial charge in [0, 0.05) is 38.6 Å². The minimum atomic E-state index is 0. The molecule has 7 heteroatoms. The van der Waals surface area contributed by atoms with E-state index in [4.69, 9.17) is 0 Å². The SMILES string of the molecule is CNCCN1C(=O)CC[C@H]2CN(C(=O)Cc3ccsc3)CC[C@H]21.Cl. The van der Waals surface area contributed by atoms with Crippen LogP contribution in [0.15, 0.2) is 16.8 Å². The van der Waals surface area contributed by atoms with Crippen molar-refractivity contribution >= 4 is 35.6 Å². The fourth-order valence-electron chi connectivity index (χ4n) is 3.78. The average molecular weight is 372 g/mol. The van der Waals surface area contributed by atoms with Crippen molar-refractivity contribution in [3.8, 4) is 0 Å². The lowest BCUT2D eigenvalue weighted by Gasteiger charge is -2.47. The molecule has 0 bridgehead atoms. The van der Waals surface area contributed by atoms with Crippen LogP contribution in [0.1, 0.15) is 24.8 Å². The predicted molar refractivity (Wildman–Crippen MR) is 98.6 cm³/mol. The number of halogens is 1. The van der Waals surface area contributed by atoms with Crippen LogP contribution in [0.5, 0.6) is 0 Å². The summed E-state index contributed by atoms with van der Waals surface area (Å²) >= 11 is 1.63. The van der Waals surface area contributed by atoms with Crippen molar-refractivity contribution in [3.63, 3.8) is 0 Å². The second-order valence-corrected chi connectivity index (χ2v) is 7.27. The molecule has 1 aromatic rings. The molecule has 134 valence electrons. The van der Waals surface area contributed by atoms with Crippen molar-refractivity contribution in [1.82, 2.24) is 15.1 Å². The highest BCUT2D eigenvalue weighted by Gasteiger charge is 2.39. The Morgan fingerprint density at radius 2 is 2.25 bits per heavy atom. The number of amides is 2. The van der Waals surface area contributed by atoms with E-state index in [1.807, 2.05) is 33.7 Å². The minimum Gasteiger partial charge on any atom is -0.342 e. The highest BCUT2D eigenvalue weighted by molar-refractivity contribution is 7.08. The summed E-state index contributed by atoms with van der Waals surface area (Å²) in [4.78, 5) is 28.8. The first kappa shape index (κ1) is 19.2. The number of carbonyl (C=O) groups is 2. The molecule has 2 amide bonds. The Hall–Kier alpha value is -1.11. The second kappa shape index (κ2) is 8.83. The topological polar surface area (TPSA) is 52.7 Å².